The number of hydrogen-bond donors (Lipinski definition) is 2. The minimum Gasteiger partial charge on any atom is -0.352 e. The zero-order chi connectivity index (χ0) is 14.3. The second kappa shape index (κ2) is 7.84. The van der Waals surface area contributed by atoms with Gasteiger partial charge >= 0.3 is 0 Å². The molecule has 106 valence electrons. The molecule has 0 heterocycles. The third-order valence-corrected chi connectivity index (χ3v) is 3.02. The van der Waals surface area contributed by atoms with Crippen LogP contribution in [0.15, 0.2) is 18.2 Å². The summed E-state index contributed by atoms with van der Waals surface area (Å²) in [6.45, 7) is 3.03. The van der Waals surface area contributed by atoms with E-state index in [-0.39, 0.29) is 11.5 Å². The zero-order valence-corrected chi connectivity index (χ0v) is 11.1. The summed E-state index contributed by atoms with van der Waals surface area (Å²) in [5.41, 5.74) is 5.24. The summed E-state index contributed by atoms with van der Waals surface area (Å²) in [7, 11) is 0. The van der Waals surface area contributed by atoms with Gasteiger partial charge < -0.3 is 11.1 Å². The fourth-order valence-electron chi connectivity index (χ4n) is 2.00. The van der Waals surface area contributed by atoms with Crippen LogP contribution in [0.1, 0.15) is 36.5 Å². The fourth-order valence-corrected chi connectivity index (χ4v) is 2.00. The van der Waals surface area contributed by atoms with Gasteiger partial charge in [0.1, 0.15) is 0 Å². The Hall–Kier alpha value is -1.49. The van der Waals surface area contributed by atoms with Crippen LogP contribution in [0.25, 0.3) is 0 Å². The molecular weight excluding hydrogens is 250 g/mol. The molecule has 3 nitrogen and oxygen atoms in total. The molecule has 1 aromatic carbocycles. The van der Waals surface area contributed by atoms with Crippen molar-refractivity contribution in [3.8, 4) is 0 Å². The van der Waals surface area contributed by atoms with Gasteiger partial charge in [-0.3, -0.25) is 4.79 Å². The summed E-state index contributed by atoms with van der Waals surface area (Å²) >= 11 is 0. The van der Waals surface area contributed by atoms with E-state index >= 15 is 0 Å². The first-order valence-corrected chi connectivity index (χ1v) is 6.52. The van der Waals surface area contributed by atoms with Gasteiger partial charge in [-0.1, -0.05) is 19.4 Å². The summed E-state index contributed by atoms with van der Waals surface area (Å²) in [5, 5.41) is 2.64. The Balaban J connectivity index is 2.61. The second-order valence-corrected chi connectivity index (χ2v) is 4.54. The minimum absolute atomic E-state index is 0.261. The second-order valence-electron chi connectivity index (χ2n) is 4.54. The van der Waals surface area contributed by atoms with Crippen LogP contribution in [-0.4, -0.2) is 19.0 Å². The SMILES string of the molecule is CCCC(CCN)CNC(=O)c1cccc(F)c1F. The summed E-state index contributed by atoms with van der Waals surface area (Å²) in [4.78, 5) is 11.8. The average Bonchev–Trinajstić information content (AvgIpc) is 2.39. The van der Waals surface area contributed by atoms with E-state index in [0.717, 1.165) is 25.3 Å². The van der Waals surface area contributed by atoms with E-state index in [2.05, 4.69) is 12.2 Å². The van der Waals surface area contributed by atoms with Crippen molar-refractivity contribution in [2.45, 2.75) is 26.2 Å². The smallest absolute Gasteiger partial charge is 0.254 e. The van der Waals surface area contributed by atoms with E-state index in [1.54, 1.807) is 0 Å². The Morgan fingerprint density at radius 2 is 2.11 bits per heavy atom. The first-order valence-electron chi connectivity index (χ1n) is 6.52. The maximum absolute atomic E-state index is 13.4. The van der Waals surface area contributed by atoms with Gasteiger partial charge in [-0.15, -0.1) is 0 Å². The molecule has 0 saturated heterocycles. The van der Waals surface area contributed by atoms with E-state index in [9.17, 15) is 13.6 Å². The van der Waals surface area contributed by atoms with Crippen LogP contribution in [0.4, 0.5) is 8.78 Å². The van der Waals surface area contributed by atoms with Crippen molar-refractivity contribution < 1.29 is 13.6 Å². The molecule has 0 fully saturated rings. The number of amides is 1. The molecule has 1 aromatic rings. The standard InChI is InChI=1S/C14H20F2N2O/c1-2-4-10(7-8-17)9-18-14(19)11-5-3-6-12(15)13(11)16/h3,5-6,10H,2,4,7-9,17H2,1H3,(H,18,19). The lowest BCUT2D eigenvalue weighted by atomic mass is 10.00. The maximum Gasteiger partial charge on any atom is 0.254 e. The van der Waals surface area contributed by atoms with Gasteiger partial charge in [0.05, 0.1) is 5.56 Å². The molecule has 1 amide bonds. The van der Waals surface area contributed by atoms with Gasteiger partial charge in [-0.25, -0.2) is 8.78 Å². The van der Waals surface area contributed by atoms with Gasteiger partial charge in [0.2, 0.25) is 0 Å². The van der Waals surface area contributed by atoms with Crippen molar-refractivity contribution in [3.63, 3.8) is 0 Å². The maximum atomic E-state index is 13.4. The van der Waals surface area contributed by atoms with Crippen molar-refractivity contribution in [1.82, 2.24) is 5.32 Å². The molecule has 0 radical (unpaired) electrons. The number of benzene rings is 1. The van der Waals surface area contributed by atoms with Crippen molar-refractivity contribution in [1.29, 1.82) is 0 Å². The van der Waals surface area contributed by atoms with E-state index in [1.807, 2.05) is 0 Å². The van der Waals surface area contributed by atoms with Crippen LogP contribution in [-0.2, 0) is 0 Å². The van der Waals surface area contributed by atoms with Gasteiger partial charge in [-0.05, 0) is 37.4 Å². The van der Waals surface area contributed by atoms with Gasteiger partial charge in [0.25, 0.3) is 5.91 Å². The average molecular weight is 270 g/mol. The van der Waals surface area contributed by atoms with Crippen LogP contribution >= 0.6 is 0 Å². The topological polar surface area (TPSA) is 55.1 Å². The molecule has 0 aromatic heterocycles. The highest BCUT2D eigenvalue weighted by atomic mass is 19.2. The fraction of sp³-hybridized carbons (Fsp3) is 0.500. The van der Waals surface area contributed by atoms with Gasteiger partial charge in [-0.2, -0.15) is 0 Å². The zero-order valence-electron chi connectivity index (χ0n) is 11.1. The Bertz CT molecular complexity index is 418. The Morgan fingerprint density at radius 1 is 1.37 bits per heavy atom. The molecule has 1 atom stereocenters. The summed E-state index contributed by atoms with van der Waals surface area (Å²) in [6.07, 6.45) is 2.75. The van der Waals surface area contributed by atoms with Crippen LogP contribution in [0, 0.1) is 17.6 Å². The number of nitrogens with one attached hydrogen (secondary N) is 1. The lowest BCUT2D eigenvalue weighted by Crippen LogP contribution is -2.31. The third kappa shape index (κ3) is 4.59. The molecular formula is C14H20F2N2O. The van der Waals surface area contributed by atoms with Crippen LogP contribution in [0.3, 0.4) is 0 Å². The number of rotatable bonds is 7. The summed E-state index contributed by atoms with van der Waals surface area (Å²) < 4.78 is 26.4. The molecule has 0 aliphatic heterocycles. The van der Waals surface area contributed by atoms with E-state index in [1.165, 1.54) is 12.1 Å². The third-order valence-electron chi connectivity index (χ3n) is 3.02. The van der Waals surface area contributed by atoms with Crippen LogP contribution in [0.2, 0.25) is 0 Å². The minimum atomic E-state index is -1.11. The van der Waals surface area contributed by atoms with Gasteiger partial charge in [0, 0.05) is 6.54 Å². The monoisotopic (exact) mass is 270 g/mol. The summed E-state index contributed by atoms with van der Waals surface area (Å²) in [5.74, 6) is -2.43. The predicted octanol–water partition coefficient (Wildman–Crippen LogP) is 2.46. The van der Waals surface area contributed by atoms with Crippen molar-refractivity contribution >= 4 is 5.91 Å². The molecule has 0 bridgehead atoms. The van der Waals surface area contributed by atoms with E-state index < -0.39 is 17.5 Å². The highest BCUT2D eigenvalue weighted by molar-refractivity contribution is 5.94. The van der Waals surface area contributed by atoms with Crippen molar-refractivity contribution in [2.24, 2.45) is 11.7 Å². The number of hydrogen-bond acceptors (Lipinski definition) is 2. The molecule has 1 rings (SSSR count). The number of carbonyl (C=O) groups is 1. The molecule has 1 unspecified atom stereocenters. The Morgan fingerprint density at radius 3 is 2.74 bits per heavy atom. The number of halogens is 2. The Labute approximate surface area is 112 Å². The van der Waals surface area contributed by atoms with Crippen LogP contribution < -0.4 is 11.1 Å². The lowest BCUT2D eigenvalue weighted by molar-refractivity contribution is 0.0940. The number of nitrogens with two attached hydrogens (primary N) is 1. The van der Waals surface area contributed by atoms with Crippen molar-refractivity contribution in [2.75, 3.05) is 13.1 Å². The molecule has 0 spiro atoms. The van der Waals surface area contributed by atoms with Gasteiger partial charge in [0.15, 0.2) is 11.6 Å². The number of carbonyl (C=O) groups excluding carboxylic acids is 1. The van der Waals surface area contributed by atoms with Crippen molar-refractivity contribution in [3.05, 3.63) is 35.4 Å². The first-order chi connectivity index (χ1) is 9.10. The Kier molecular flexibility index (Phi) is 6.42. The molecule has 0 saturated carbocycles. The van der Waals surface area contributed by atoms with E-state index in [4.69, 9.17) is 5.73 Å². The molecule has 5 heteroatoms. The lowest BCUT2D eigenvalue weighted by Gasteiger charge is -2.16. The summed E-state index contributed by atoms with van der Waals surface area (Å²) in [6, 6.07) is 3.57. The van der Waals surface area contributed by atoms with E-state index in [0.29, 0.717) is 13.1 Å². The highest BCUT2D eigenvalue weighted by Gasteiger charge is 2.16. The molecule has 19 heavy (non-hydrogen) atoms. The molecule has 0 aliphatic rings. The predicted molar refractivity (Wildman–Crippen MR) is 70.8 cm³/mol. The first kappa shape index (κ1) is 15.6. The largest absolute Gasteiger partial charge is 0.352 e. The normalized spacial score (nSPS) is 12.2. The molecule has 3 N–H and O–H groups in total. The quantitative estimate of drug-likeness (QED) is 0.799. The highest BCUT2D eigenvalue weighted by Crippen LogP contribution is 2.12. The van der Waals surface area contributed by atoms with Crippen LogP contribution in [0.5, 0.6) is 0 Å². The molecule has 0 aliphatic carbocycles.